The molecule has 2 fully saturated rings. The molecule has 2 aliphatic rings. The lowest BCUT2D eigenvalue weighted by atomic mass is 10.0. The molecule has 2 heterocycles. The van der Waals surface area contributed by atoms with Crippen molar-refractivity contribution in [3.63, 3.8) is 0 Å². The van der Waals surface area contributed by atoms with Crippen LogP contribution >= 0.6 is 0 Å². The zero-order valence-electron chi connectivity index (χ0n) is 13.7. The summed E-state index contributed by atoms with van der Waals surface area (Å²) >= 11 is 0. The first-order valence-electron chi connectivity index (χ1n) is 8.33. The van der Waals surface area contributed by atoms with Crippen LogP contribution in [-0.2, 0) is 15.0 Å². The number of carbonyl (C=O) groups excluding carboxylic acids is 1. The Hall–Kier alpha value is -1.48. The molecule has 0 saturated carbocycles. The molecule has 24 heavy (non-hydrogen) atoms. The van der Waals surface area contributed by atoms with Gasteiger partial charge in [-0.1, -0.05) is 30.3 Å². The molecule has 0 unspecified atom stereocenters. The van der Waals surface area contributed by atoms with E-state index in [-0.39, 0.29) is 0 Å². The zero-order chi connectivity index (χ0) is 17.2. The number of amides is 1. The van der Waals surface area contributed by atoms with Crippen molar-refractivity contribution in [1.29, 1.82) is 0 Å². The molecule has 3 rings (SSSR count). The van der Waals surface area contributed by atoms with Gasteiger partial charge in [0.1, 0.15) is 6.04 Å². The highest BCUT2D eigenvalue weighted by atomic mass is 32.2. The van der Waals surface area contributed by atoms with Crippen LogP contribution in [0.15, 0.2) is 30.3 Å². The first-order valence-corrected chi connectivity index (χ1v) is 9.73. The number of benzene rings is 1. The molecule has 2 saturated heterocycles. The second-order valence-corrected chi connectivity index (χ2v) is 8.19. The lowest BCUT2D eigenvalue weighted by molar-refractivity contribution is -0.124. The van der Waals surface area contributed by atoms with E-state index >= 15 is 0 Å². The lowest BCUT2D eigenvalue weighted by Crippen LogP contribution is -2.54. The number of nitrogens with zero attached hydrogens (tertiary/aromatic N) is 3. The van der Waals surface area contributed by atoms with Gasteiger partial charge in [0.15, 0.2) is 0 Å². The van der Waals surface area contributed by atoms with Crippen LogP contribution in [0.25, 0.3) is 0 Å². The molecule has 1 aromatic rings. The van der Waals surface area contributed by atoms with Crippen LogP contribution in [0, 0.1) is 0 Å². The molecule has 132 valence electrons. The Morgan fingerprint density at radius 2 is 1.46 bits per heavy atom. The van der Waals surface area contributed by atoms with Crippen LogP contribution in [-0.4, -0.2) is 67.1 Å². The highest BCUT2D eigenvalue weighted by Crippen LogP contribution is 2.24. The summed E-state index contributed by atoms with van der Waals surface area (Å²) in [4.78, 5) is 13.9. The first-order chi connectivity index (χ1) is 11.5. The van der Waals surface area contributed by atoms with Crippen molar-refractivity contribution in [2.24, 2.45) is 5.73 Å². The molecule has 0 aromatic heterocycles. The minimum Gasteiger partial charge on any atom is -0.368 e. The molecule has 0 bridgehead atoms. The van der Waals surface area contributed by atoms with E-state index in [0.717, 1.165) is 18.4 Å². The smallest absolute Gasteiger partial charge is 0.282 e. The Balaban J connectivity index is 1.68. The summed E-state index contributed by atoms with van der Waals surface area (Å²) in [6.07, 6.45) is 1.86. The van der Waals surface area contributed by atoms with E-state index in [0.29, 0.717) is 39.3 Å². The summed E-state index contributed by atoms with van der Waals surface area (Å²) in [6.45, 7) is 2.98. The number of carbonyl (C=O) groups is 1. The second-order valence-electron chi connectivity index (χ2n) is 6.26. The van der Waals surface area contributed by atoms with Gasteiger partial charge in [-0.2, -0.15) is 17.0 Å². The van der Waals surface area contributed by atoms with E-state index in [1.165, 1.54) is 4.31 Å². The quantitative estimate of drug-likeness (QED) is 0.818. The zero-order valence-corrected chi connectivity index (χ0v) is 14.5. The van der Waals surface area contributed by atoms with E-state index in [1.54, 1.807) is 4.31 Å². The molecule has 7 nitrogen and oxygen atoms in total. The largest absolute Gasteiger partial charge is 0.368 e. The average molecular weight is 352 g/mol. The molecule has 2 N–H and O–H groups in total. The Bertz CT molecular complexity index is 666. The third-order valence-electron chi connectivity index (χ3n) is 4.74. The first kappa shape index (κ1) is 17.3. The van der Waals surface area contributed by atoms with E-state index in [1.807, 2.05) is 35.2 Å². The highest BCUT2D eigenvalue weighted by molar-refractivity contribution is 7.86. The lowest BCUT2D eigenvalue weighted by Gasteiger charge is -2.38. The monoisotopic (exact) mass is 352 g/mol. The van der Waals surface area contributed by atoms with Crippen molar-refractivity contribution in [2.75, 3.05) is 39.3 Å². The van der Waals surface area contributed by atoms with Crippen molar-refractivity contribution in [3.8, 4) is 0 Å². The second kappa shape index (κ2) is 7.18. The maximum Gasteiger partial charge on any atom is 0.282 e. The topological polar surface area (TPSA) is 87.0 Å². The Morgan fingerprint density at radius 1 is 0.917 bits per heavy atom. The molecule has 1 aromatic carbocycles. The SMILES string of the molecule is NC(=O)[C@@H](c1ccccc1)N1CCN(S(=O)(=O)N2CCCC2)CC1. The van der Waals surface area contributed by atoms with Crippen molar-refractivity contribution < 1.29 is 13.2 Å². The maximum absolute atomic E-state index is 12.6. The van der Waals surface area contributed by atoms with Crippen LogP contribution in [0.4, 0.5) is 0 Å². The van der Waals surface area contributed by atoms with Crippen LogP contribution in [0.1, 0.15) is 24.4 Å². The molecular formula is C16H24N4O3S. The van der Waals surface area contributed by atoms with Gasteiger partial charge in [0, 0.05) is 39.3 Å². The minimum absolute atomic E-state index is 0.384. The summed E-state index contributed by atoms with van der Waals surface area (Å²) in [6, 6.07) is 8.88. The third-order valence-corrected chi connectivity index (χ3v) is 6.78. The van der Waals surface area contributed by atoms with Gasteiger partial charge in [-0.05, 0) is 18.4 Å². The minimum atomic E-state index is -3.37. The Morgan fingerprint density at radius 3 is 2.00 bits per heavy atom. The molecule has 1 atom stereocenters. The number of hydrogen-bond donors (Lipinski definition) is 1. The van der Waals surface area contributed by atoms with Crippen LogP contribution in [0.2, 0.25) is 0 Å². The fourth-order valence-corrected chi connectivity index (χ4v) is 5.14. The van der Waals surface area contributed by atoms with Crippen LogP contribution in [0.3, 0.4) is 0 Å². The van der Waals surface area contributed by atoms with Gasteiger partial charge in [-0.25, -0.2) is 0 Å². The van der Waals surface area contributed by atoms with E-state index in [4.69, 9.17) is 5.73 Å². The number of nitrogens with two attached hydrogens (primary N) is 1. The fraction of sp³-hybridized carbons (Fsp3) is 0.562. The van der Waals surface area contributed by atoms with Gasteiger partial charge >= 0.3 is 0 Å². The molecule has 0 radical (unpaired) electrons. The van der Waals surface area contributed by atoms with Crippen molar-refractivity contribution in [1.82, 2.24) is 13.5 Å². The normalized spacial score (nSPS) is 22.5. The molecule has 0 spiro atoms. The summed E-state index contributed by atoms with van der Waals surface area (Å²) < 4.78 is 28.3. The summed E-state index contributed by atoms with van der Waals surface area (Å²) in [5.41, 5.74) is 6.45. The van der Waals surface area contributed by atoms with Crippen molar-refractivity contribution in [3.05, 3.63) is 35.9 Å². The molecular weight excluding hydrogens is 328 g/mol. The summed E-state index contributed by atoms with van der Waals surface area (Å²) in [5.74, 6) is -0.406. The summed E-state index contributed by atoms with van der Waals surface area (Å²) in [7, 11) is -3.37. The van der Waals surface area contributed by atoms with Crippen LogP contribution in [0.5, 0.6) is 0 Å². The number of hydrogen-bond acceptors (Lipinski definition) is 4. The highest BCUT2D eigenvalue weighted by Gasteiger charge is 2.36. The molecule has 8 heteroatoms. The third kappa shape index (κ3) is 3.46. The molecule has 1 amide bonds. The predicted molar refractivity (Wildman–Crippen MR) is 91.3 cm³/mol. The average Bonchev–Trinajstić information content (AvgIpc) is 3.11. The fourth-order valence-electron chi connectivity index (χ4n) is 3.46. The van der Waals surface area contributed by atoms with Gasteiger partial charge in [-0.15, -0.1) is 0 Å². The number of primary amides is 1. The van der Waals surface area contributed by atoms with Gasteiger partial charge in [0.25, 0.3) is 10.2 Å². The molecule has 2 aliphatic heterocycles. The van der Waals surface area contributed by atoms with Gasteiger partial charge in [0.2, 0.25) is 5.91 Å². The van der Waals surface area contributed by atoms with Gasteiger partial charge < -0.3 is 5.73 Å². The van der Waals surface area contributed by atoms with Crippen molar-refractivity contribution >= 4 is 16.1 Å². The Kier molecular flexibility index (Phi) is 5.19. The van der Waals surface area contributed by atoms with E-state index in [9.17, 15) is 13.2 Å². The maximum atomic E-state index is 12.6. The Labute approximate surface area is 143 Å². The number of rotatable bonds is 5. The van der Waals surface area contributed by atoms with Gasteiger partial charge in [-0.3, -0.25) is 9.69 Å². The van der Waals surface area contributed by atoms with Crippen LogP contribution < -0.4 is 5.73 Å². The summed E-state index contributed by atoms with van der Waals surface area (Å²) in [5, 5.41) is 0. The van der Waals surface area contributed by atoms with Crippen molar-refractivity contribution in [2.45, 2.75) is 18.9 Å². The number of piperazine rings is 1. The van der Waals surface area contributed by atoms with E-state index < -0.39 is 22.2 Å². The molecule has 0 aliphatic carbocycles. The predicted octanol–water partition coefficient (Wildman–Crippen LogP) is 0.171. The standard InChI is InChI=1S/C16H24N4O3S/c17-16(21)15(14-6-2-1-3-7-14)18-10-12-20(13-11-18)24(22,23)19-8-4-5-9-19/h1-3,6-7,15H,4-5,8-13H2,(H2,17,21)/t15-/m1/s1. The van der Waals surface area contributed by atoms with E-state index in [2.05, 4.69) is 0 Å². The van der Waals surface area contributed by atoms with Gasteiger partial charge in [0.05, 0.1) is 0 Å².